The Morgan fingerprint density at radius 2 is 1.45 bits per heavy atom. The van der Waals surface area contributed by atoms with Crippen LogP contribution in [-0.2, 0) is 0 Å². The van der Waals surface area contributed by atoms with Crippen LogP contribution in [0.3, 0.4) is 0 Å². The van der Waals surface area contributed by atoms with E-state index in [9.17, 15) is 0 Å². The van der Waals surface area contributed by atoms with Gasteiger partial charge in [0.05, 0.1) is 0 Å². The Balaban J connectivity index is 2.08. The summed E-state index contributed by atoms with van der Waals surface area (Å²) in [6.45, 7) is 0. The van der Waals surface area contributed by atoms with Crippen LogP contribution in [0.1, 0.15) is 0 Å². The molecule has 4 rings (SSSR count). The summed E-state index contributed by atoms with van der Waals surface area (Å²) in [4.78, 5) is 0. The average molecular weight is 275 g/mol. The van der Waals surface area contributed by atoms with Gasteiger partial charge >= 0.3 is 0 Å². The first-order valence-electron chi connectivity index (χ1n) is 6.59. The van der Waals surface area contributed by atoms with Crippen molar-refractivity contribution < 1.29 is 0 Å². The van der Waals surface area contributed by atoms with E-state index < -0.39 is 0 Å². The van der Waals surface area contributed by atoms with E-state index in [1.807, 2.05) is 18.2 Å². The summed E-state index contributed by atoms with van der Waals surface area (Å²) < 4.78 is 2.57. The Labute approximate surface area is 121 Å². The summed E-state index contributed by atoms with van der Waals surface area (Å²) >= 11 is 1.80. The van der Waals surface area contributed by atoms with Crippen LogP contribution in [0.4, 0.5) is 5.69 Å². The molecule has 3 aromatic carbocycles. The van der Waals surface area contributed by atoms with Crippen molar-refractivity contribution in [1.82, 2.24) is 0 Å². The molecule has 0 saturated heterocycles. The lowest BCUT2D eigenvalue weighted by Crippen LogP contribution is -1.89. The molecule has 0 fully saturated rings. The Bertz CT molecular complexity index is 907. The van der Waals surface area contributed by atoms with Gasteiger partial charge in [-0.1, -0.05) is 48.5 Å². The monoisotopic (exact) mass is 275 g/mol. The fourth-order valence-electron chi connectivity index (χ4n) is 2.65. The zero-order valence-corrected chi connectivity index (χ0v) is 11.7. The lowest BCUT2D eigenvalue weighted by Gasteiger charge is -2.06. The molecule has 1 heterocycles. The van der Waals surface area contributed by atoms with Gasteiger partial charge in [-0.15, -0.1) is 11.3 Å². The third-order valence-electron chi connectivity index (χ3n) is 3.63. The van der Waals surface area contributed by atoms with E-state index >= 15 is 0 Å². The number of benzene rings is 3. The van der Waals surface area contributed by atoms with Crippen LogP contribution in [0.5, 0.6) is 0 Å². The summed E-state index contributed by atoms with van der Waals surface area (Å²) in [5.74, 6) is 0. The zero-order valence-electron chi connectivity index (χ0n) is 10.8. The molecule has 2 N–H and O–H groups in total. The van der Waals surface area contributed by atoms with Crippen molar-refractivity contribution in [2.45, 2.75) is 0 Å². The lowest BCUT2D eigenvalue weighted by molar-refractivity contribution is 1.65. The van der Waals surface area contributed by atoms with E-state index in [1.165, 1.54) is 25.7 Å². The number of nitrogen functional groups attached to an aromatic ring is 1. The number of fused-ring (bicyclic) bond motifs is 3. The van der Waals surface area contributed by atoms with E-state index in [0.29, 0.717) is 0 Å². The molecule has 0 aliphatic carbocycles. The second kappa shape index (κ2) is 4.36. The highest BCUT2D eigenvalue weighted by Crippen LogP contribution is 2.38. The van der Waals surface area contributed by atoms with Crippen LogP contribution in [0.15, 0.2) is 66.7 Å². The summed E-state index contributed by atoms with van der Waals surface area (Å²) in [7, 11) is 0. The fraction of sp³-hybridized carbons (Fsp3) is 0. The van der Waals surface area contributed by atoms with Crippen molar-refractivity contribution in [3.05, 3.63) is 66.7 Å². The van der Waals surface area contributed by atoms with Crippen LogP contribution >= 0.6 is 11.3 Å². The molecular formula is C18H13NS. The van der Waals surface area contributed by atoms with E-state index in [-0.39, 0.29) is 0 Å². The third kappa shape index (κ3) is 1.69. The van der Waals surface area contributed by atoms with Crippen molar-refractivity contribution in [1.29, 1.82) is 0 Å². The normalized spacial score (nSPS) is 11.2. The molecule has 0 aliphatic heterocycles. The van der Waals surface area contributed by atoms with Crippen molar-refractivity contribution in [3.63, 3.8) is 0 Å². The summed E-state index contributed by atoms with van der Waals surface area (Å²) in [5, 5.41) is 2.60. The molecule has 0 aliphatic rings. The second-order valence-corrected chi connectivity index (χ2v) is 5.98. The largest absolute Gasteiger partial charge is 0.398 e. The number of nitrogens with two attached hydrogens (primary N) is 1. The highest BCUT2D eigenvalue weighted by Gasteiger charge is 2.09. The standard InChI is InChI=1S/C18H13NS/c19-16-11-18-15(13-8-4-5-9-17(13)20-18)10-14(16)12-6-2-1-3-7-12/h1-11H,19H2. The van der Waals surface area contributed by atoms with E-state index in [0.717, 1.165) is 11.3 Å². The van der Waals surface area contributed by atoms with Gasteiger partial charge in [0.1, 0.15) is 0 Å². The van der Waals surface area contributed by atoms with Gasteiger partial charge in [-0.2, -0.15) is 0 Å². The molecule has 0 spiro atoms. The van der Waals surface area contributed by atoms with Gasteiger partial charge in [0.15, 0.2) is 0 Å². The van der Waals surface area contributed by atoms with Gasteiger partial charge in [0, 0.05) is 31.4 Å². The van der Waals surface area contributed by atoms with Gasteiger partial charge in [-0.3, -0.25) is 0 Å². The molecule has 0 amide bonds. The smallest absolute Gasteiger partial charge is 0.0408 e. The SMILES string of the molecule is Nc1cc2sc3ccccc3c2cc1-c1ccccc1. The Morgan fingerprint density at radius 3 is 2.30 bits per heavy atom. The van der Waals surface area contributed by atoms with Crippen molar-refractivity contribution in [3.8, 4) is 11.1 Å². The first-order chi connectivity index (χ1) is 9.83. The fourth-order valence-corrected chi connectivity index (χ4v) is 3.79. The number of hydrogen-bond donors (Lipinski definition) is 1. The topological polar surface area (TPSA) is 26.0 Å². The Kier molecular flexibility index (Phi) is 2.51. The quantitative estimate of drug-likeness (QED) is 0.468. The molecule has 1 aromatic heterocycles. The van der Waals surface area contributed by atoms with Crippen LogP contribution < -0.4 is 5.73 Å². The maximum absolute atomic E-state index is 6.25. The predicted octanol–water partition coefficient (Wildman–Crippen LogP) is 5.30. The number of hydrogen-bond acceptors (Lipinski definition) is 2. The molecule has 0 saturated carbocycles. The molecular weight excluding hydrogens is 262 g/mol. The van der Waals surface area contributed by atoms with Crippen LogP contribution in [0.2, 0.25) is 0 Å². The number of rotatable bonds is 1. The average Bonchev–Trinajstić information content (AvgIpc) is 2.84. The Hall–Kier alpha value is -2.32. The molecule has 4 aromatic rings. The van der Waals surface area contributed by atoms with Gasteiger partial charge in [0.2, 0.25) is 0 Å². The van der Waals surface area contributed by atoms with Gasteiger partial charge in [-0.25, -0.2) is 0 Å². The molecule has 2 heteroatoms. The van der Waals surface area contributed by atoms with Crippen LogP contribution in [-0.4, -0.2) is 0 Å². The predicted molar refractivity (Wildman–Crippen MR) is 89.2 cm³/mol. The summed E-state index contributed by atoms with van der Waals surface area (Å²) in [6.07, 6.45) is 0. The van der Waals surface area contributed by atoms with E-state index in [2.05, 4.69) is 48.5 Å². The minimum absolute atomic E-state index is 0.843. The van der Waals surface area contributed by atoms with E-state index in [1.54, 1.807) is 11.3 Å². The molecule has 20 heavy (non-hydrogen) atoms. The van der Waals surface area contributed by atoms with Gasteiger partial charge in [0.25, 0.3) is 0 Å². The summed E-state index contributed by atoms with van der Waals surface area (Å²) in [6, 6.07) is 23.2. The number of anilines is 1. The second-order valence-electron chi connectivity index (χ2n) is 4.90. The van der Waals surface area contributed by atoms with Gasteiger partial charge < -0.3 is 5.73 Å². The van der Waals surface area contributed by atoms with Crippen LogP contribution in [0.25, 0.3) is 31.3 Å². The highest BCUT2D eigenvalue weighted by atomic mass is 32.1. The van der Waals surface area contributed by atoms with E-state index in [4.69, 9.17) is 5.73 Å². The first-order valence-corrected chi connectivity index (χ1v) is 7.41. The molecule has 96 valence electrons. The minimum Gasteiger partial charge on any atom is -0.398 e. The third-order valence-corrected chi connectivity index (χ3v) is 4.77. The lowest BCUT2D eigenvalue weighted by atomic mass is 10.0. The van der Waals surface area contributed by atoms with Gasteiger partial charge in [-0.05, 0) is 23.8 Å². The molecule has 0 radical (unpaired) electrons. The Morgan fingerprint density at radius 1 is 0.700 bits per heavy atom. The van der Waals surface area contributed by atoms with Crippen LogP contribution in [0, 0.1) is 0 Å². The van der Waals surface area contributed by atoms with Crippen molar-refractivity contribution in [2.75, 3.05) is 5.73 Å². The van der Waals surface area contributed by atoms with Crippen molar-refractivity contribution >= 4 is 37.2 Å². The number of thiophene rings is 1. The highest BCUT2D eigenvalue weighted by molar-refractivity contribution is 7.25. The summed E-state index contributed by atoms with van der Waals surface area (Å²) in [5.41, 5.74) is 9.37. The molecule has 1 nitrogen and oxygen atoms in total. The molecule has 0 atom stereocenters. The molecule has 0 unspecified atom stereocenters. The maximum atomic E-state index is 6.25. The molecule has 0 bridgehead atoms. The first kappa shape index (κ1) is 11.5. The minimum atomic E-state index is 0.843. The zero-order chi connectivity index (χ0) is 13.5. The van der Waals surface area contributed by atoms with Crippen molar-refractivity contribution in [2.24, 2.45) is 0 Å². The maximum Gasteiger partial charge on any atom is 0.0408 e.